The minimum absolute atomic E-state index is 0.0315. The van der Waals surface area contributed by atoms with Gasteiger partial charge in [0.1, 0.15) is 0 Å². The molecule has 0 aromatic carbocycles. The standard InChI is InChI=1S/C22H45NO2/c1-3-4-5-6-7-8-9-10-11-12-13-14-15-16-17-18-19-23-22(25)20-21(2)24/h21,24H,3-20H2,1-2H3,(H,23,25). The van der Waals surface area contributed by atoms with Crippen molar-refractivity contribution in [2.45, 2.75) is 129 Å². The van der Waals surface area contributed by atoms with Crippen molar-refractivity contribution in [3.8, 4) is 0 Å². The topological polar surface area (TPSA) is 49.3 Å². The summed E-state index contributed by atoms with van der Waals surface area (Å²) in [6.07, 6.45) is 21.5. The molecule has 1 unspecified atom stereocenters. The number of carbonyl (C=O) groups excluding carboxylic acids is 1. The van der Waals surface area contributed by atoms with E-state index in [0.717, 1.165) is 13.0 Å². The first kappa shape index (κ1) is 24.4. The van der Waals surface area contributed by atoms with E-state index in [1.54, 1.807) is 6.92 Å². The van der Waals surface area contributed by atoms with E-state index in [4.69, 9.17) is 5.11 Å². The summed E-state index contributed by atoms with van der Waals surface area (Å²) in [5.74, 6) is -0.0315. The summed E-state index contributed by atoms with van der Waals surface area (Å²) in [5.41, 5.74) is 0. The van der Waals surface area contributed by atoms with E-state index < -0.39 is 6.10 Å². The largest absolute Gasteiger partial charge is 0.393 e. The Hall–Kier alpha value is -0.570. The van der Waals surface area contributed by atoms with Crippen molar-refractivity contribution in [1.29, 1.82) is 0 Å². The van der Waals surface area contributed by atoms with E-state index >= 15 is 0 Å². The van der Waals surface area contributed by atoms with Crippen LogP contribution < -0.4 is 5.32 Å². The third-order valence-electron chi connectivity index (χ3n) is 4.83. The maximum absolute atomic E-state index is 11.3. The molecule has 25 heavy (non-hydrogen) atoms. The van der Waals surface area contributed by atoms with Gasteiger partial charge in [-0.3, -0.25) is 4.79 Å². The van der Waals surface area contributed by atoms with Crippen LogP contribution in [0.5, 0.6) is 0 Å². The Morgan fingerprint density at radius 2 is 1.08 bits per heavy atom. The molecular formula is C22H45NO2. The van der Waals surface area contributed by atoms with Gasteiger partial charge in [0.15, 0.2) is 0 Å². The molecule has 0 saturated carbocycles. The van der Waals surface area contributed by atoms with Crippen LogP contribution in [0.3, 0.4) is 0 Å². The zero-order chi connectivity index (χ0) is 18.6. The second kappa shape index (κ2) is 19.8. The highest BCUT2D eigenvalue weighted by Crippen LogP contribution is 2.13. The van der Waals surface area contributed by atoms with Crippen molar-refractivity contribution in [2.75, 3.05) is 6.54 Å². The van der Waals surface area contributed by atoms with E-state index in [1.165, 1.54) is 96.3 Å². The molecule has 3 nitrogen and oxygen atoms in total. The van der Waals surface area contributed by atoms with Crippen LogP contribution in [-0.4, -0.2) is 23.7 Å². The summed E-state index contributed by atoms with van der Waals surface area (Å²) >= 11 is 0. The summed E-state index contributed by atoms with van der Waals surface area (Å²) in [6.45, 7) is 4.68. The summed E-state index contributed by atoms with van der Waals surface area (Å²) in [7, 11) is 0. The molecule has 0 bridgehead atoms. The Balaban J connectivity index is 3.06. The molecule has 0 rings (SSSR count). The molecule has 2 N–H and O–H groups in total. The molecule has 3 heteroatoms. The number of hydrogen-bond donors (Lipinski definition) is 2. The van der Waals surface area contributed by atoms with Crippen molar-refractivity contribution >= 4 is 5.91 Å². The van der Waals surface area contributed by atoms with Crippen LogP contribution in [0.15, 0.2) is 0 Å². The Labute approximate surface area is 157 Å². The number of rotatable bonds is 19. The van der Waals surface area contributed by atoms with E-state index in [2.05, 4.69) is 12.2 Å². The molecule has 0 aromatic heterocycles. The van der Waals surface area contributed by atoms with Gasteiger partial charge in [0.05, 0.1) is 12.5 Å². The SMILES string of the molecule is CCCCCCCCCCCCCCCCCCNC(=O)CC(C)O. The molecular weight excluding hydrogens is 310 g/mol. The van der Waals surface area contributed by atoms with Crippen LogP contribution in [-0.2, 0) is 4.79 Å². The second-order valence-corrected chi connectivity index (χ2v) is 7.71. The average molecular weight is 356 g/mol. The molecule has 0 aliphatic heterocycles. The maximum Gasteiger partial charge on any atom is 0.222 e. The van der Waals surface area contributed by atoms with Crippen LogP contribution in [0.2, 0.25) is 0 Å². The first-order valence-corrected chi connectivity index (χ1v) is 11.1. The van der Waals surface area contributed by atoms with Crippen molar-refractivity contribution < 1.29 is 9.90 Å². The van der Waals surface area contributed by atoms with Gasteiger partial charge in [-0.2, -0.15) is 0 Å². The van der Waals surface area contributed by atoms with Gasteiger partial charge < -0.3 is 10.4 Å². The van der Waals surface area contributed by atoms with Crippen LogP contribution in [0.25, 0.3) is 0 Å². The van der Waals surface area contributed by atoms with Gasteiger partial charge in [-0.05, 0) is 13.3 Å². The third-order valence-corrected chi connectivity index (χ3v) is 4.83. The summed E-state index contributed by atoms with van der Waals surface area (Å²) < 4.78 is 0. The number of carbonyl (C=O) groups is 1. The number of aliphatic hydroxyl groups excluding tert-OH is 1. The van der Waals surface area contributed by atoms with Crippen LogP contribution in [0, 0.1) is 0 Å². The second-order valence-electron chi connectivity index (χ2n) is 7.71. The molecule has 0 radical (unpaired) electrons. The first-order valence-electron chi connectivity index (χ1n) is 11.1. The monoisotopic (exact) mass is 355 g/mol. The molecule has 0 fully saturated rings. The first-order chi connectivity index (χ1) is 12.2. The number of unbranched alkanes of at least 4 members (excludes halogenated alkanes) is 15. The Morgan fingerprint density at radius 1 is 0.720 bits per heavy atom. The average Bonchev–Trinajstić information content (AvgIpc) is 2.57. The number of aliphatic hydroxyl groups is 1. The van der Waals surface area contributed by atoms with Crippen LogP contribution in [0.4, 0.5) is 0 Å². The predicted molar refractivity (Wildman–Crippen MR) is 109 cm³/mol. The lowest BCUT2D eigenvalue weighted by molar-refractivity contribution is -0.122. The van der Waals surface area contributed by atoms with Gasteiger partial charge >= 0.3 is 0 Å². The third kappa shape index (κ3) is 21.4. The predicted octanol–water partition coefficient (Wildman–Crippen LogP) is 6.14. The Bertz CT molecular complexity index is 279. The zero-order valence-electron chi connectivity index (χ0n) is 17.2. The Morgan fingerprint density at radius 3 is 1.44 bits per heavy atom. The fourth-order valence-corrected chi connectivity index (χ4v) is 3.24. The van der Waals surface area contributed by atoms with E-state index in [0.29, 0.717) is 0 Å². The van der Waals surface area contributed by atoms with E-state index in [-0.39, 0.29) is 12.3 Å². The lowest BCUT2D eigenvalue weighted by atomic mass is 10.0. The summed E-state index contributed by atoms with van der Waals surface area (Å²) in [4.78, 5) is 11.3. The van der Waals surface area contributed by atoms with E-state index in [1.807, 2.05) is 0 Å². The molecule has 0 spiro atoms. The van der Waals surface area contributed by atoms with E-state index in [9.17, 15) is 4.79 Å². The molecule has 0 aliphatic rings. The molecule has 1 amide bonds. The number of amides is 1. The van der Waals surface area contributed by atoms with Gasteiger partial charge in [-0.1, -0.05) is 103 Å². The quantitative estimate of drug-likeness (QED) is 0.274. The maximum atomic E-state index is 11.3. The smallest absolute Gasteiger partial charge is 0.222 e. The van der Waals surface area contributed by atoms with Gasteiger partial charge in [0.2, 0.25) is 5.91 Å². The molecule has 1 atom stereocenters. The molecule has 0 heterocycles. The molecule has 0 aromatic rings. The summed E-state index contributed by atoms with van der Waals surface area (Å²) in [5, 5.41) is 12.0. The minimum Gasteiger partial charge on any atom is -0.393 e. The lowest BCUT2D eigenvalue weighted by Gasteiger charge is -2.06. The van der Waals surface area contributed by atoms with Gasteiger partial charge in [-0.15, -0.1) is 0 Å². The molecule has 0 aliphatic carbocycles. The zero-order valence-corrected chi connectivity index (χ0v) is 17.2. The number of nitrogens with one attached hydrogen (secondary N) is 1. The highest BCUT2D eigenvalue weighted by molar-refractivity contribution is 5.76. The minimum atomic E-state index is -0.536. The normalized spacial score (nSPS) is 12.3. The van der Waals surface area contributed by atoms with Gasteiger partial charge in [0, 0.05) is 6.54 Å². The highest BCUT2D eigenvalue weighted by atomic mass is 16.3. The van der Waals surface area contributed by atoms with Crippen molar-refractivity contribution in [3.05, 3.63) is 0 Å². The van der Waals surface area contributed by atoms with Crippen molar-refractivity contribution in [1.82, 2.24) is 5.32 Å². The molecule has 150 valence electrons. The fraction of sp³-hybridized carbons (Fsp3) is 0.955. The van der Waals surface area contributed by atoms with Crippen LogP contribution >= 0.6 is 0 Å². The van der Waals surface area contributed by atoms with Gasteiger partial charge in [-0.25, -0.2) is 0 Å². The van der Waals surface area contributed by atoms with Crippen molar-refractivity contribution in [2.24, 2.45) is 0 Å². The fourth-order valence-electron chi connectivity index (χ4n) is 3.24. The molecule has 0 saturated heterocycles. The lowest BCUT2D eigenvalue weighted by Crippen LogP contribution is -2.27. The van der Waals surface area contributed by atoms with Crippen molar-refractivity contribution in [3.63, 3.8) is 0 Å². The highest BCUT2D eigenvalue weighted by Gasteiger charge is 2.04. The Kier molecular flexibility index (Phi) is 19.3. The summed E-state index contributed by atoms with van der Waals surface area (Å²) in [6, 6.07) is 0. The number of hydrogen-bond acceptors (Lipinski definition) is 2. The van der Waals surface area contributed by atoms with Crippen LogP contribution in [0.1, 0.15) is 123 Å². The van der Waals surface area contributed by atoms with Gasteiger partial charge in [0.25, 0.3) is 0 Å².